The van der Waals surface area contributed by atoms with E-state index >= 15 is 0 Å². The predicted molar refractivity (Wildman–Crippen MR) is 210 cm³/mol. The van der Waals surface area contributed by atoms with Gasteiger partial charge in [-0.15, -0.1) is 0 Å². The molecule has 0 spiro atoms. The van der Waals surface area contributed by atoms with E-state index in [4.69, 9.17) is 19.9 Å². The maximum absolute atomic E-state index is 5.42. The van der Waals surface area contributed by atoms with Crippen molar-refractivity contribution in [2.24, 2.45) is 0 Å². The lowest BCUT2D eigenvalue weighted by Gasteiger charge is -2.16. The van der Waals surface area contributed by atoms with Crippen molar-refractivity contribution in [2.75, 3.05) is 0 Å². The molecule has 0 saturated heterocycles. The van der Waals surface area contributed by atoms with E-state index in [9.17, 15) is 0 Å². The molecule has 240 valence electrons. The molecular formula is C47H32N4. The molecule has 51 heavy (non-hydrogen) atoms. The van der Waals surface area contributed by atoms with Gasteiger partial charge in [0.15, 0.2) is 5.82 Å². The smallest absolute Gasteiger partial charge is 0.160 e. The van der Waals surface area contributed by atoms with Crippen molar-refractivity contribution in [1.82, 2.24) is 19.9 Å². The number of nitrogens with zero attached hydrogens (tertiary/aromatic N) is 4. The van der Waals surface area contributed by atoms with Crippen LogP contribution in [0.5, 0.6) is 0 Å². The van der Waals surface area contributed by atoms with E-state index in [0.717, 1.165) is 83.5 Å². The summed E-state index contributed by atoms with van der Waals surface area (Å²) in [5.74, 6) is 0.678. The monoisotopic (exact) mass is 652 g/mol. The van der Waals surface area contributed by atoms with Crippen molar-refractivity contribution < 1.29 is 0 Å². The van der Waals surface area contributed by atoms with Crippen molar-refractivity contribution in [1.29, 1.82) is 0 Å². The second kappa shape index (κ2) is 12.9. The van der Waals surface area contributed by atoms with Crippen LogP contribution in [0.1, 0.15) is 5.69 Å². The third-order valence-electron chi connectivity index (χ3n) is 9.37. The van der Waals surface area contributed by atoms with Crippen LogP contribution in [0, 0.1) is 6.92 Å². The third kappa shape index (κ3) is 5.83. The average molecular weight is 653 g/mol. The molecule has 0 N–H and O–H groups in total. The van der Waals surface area contributed by atoms with Gasteiger partial charge < -0.3 is 0 Å². The van der Waals surface area contributed by atoms with E-state index in [0.29, 0.717) is 5.82 Å². The van der Waals surface area contributed by atoms with Crippen LogP contribution in [0.4, 0.5) is 0 Å². The summed E-state index contributed by atoms with van der Waals surface area (Å²) >= 11 is 0. The van der Waals surface area contributed by atoms with Crippen LogP contribution in [-0.4, -0.2) is 19.9 Å². The van der Waals surface area contributed by atoms with Crippen molar-refractivity contribution in [2.45, 2.75) is 6.92 Å². The zero-order chi connectivity index (χ0) is 34.1. The number of hydrogen-bond acceptors (Lipinski definition) is 4. The van der Waals surface area contributed by atoms with Gasteiger partial charge in [0.05, 0.1) is 28.1 Å². The molecule has 3 heterocycles. The molecule has 9 aromatic rings. The van der Waals surface area contributed by atoms with Gasteiger partial charge in [0.2, 0.25) is 0 Å². The minimum atomic E-state index is 0.678. The molecule has 0 fully saturated rings. The fourth-order valence-corrected chi connectivity index (χ4v) is 6.83. The highest BCUT2D eigenvalue weighted by molar-refractivity contribution is 6.09. The van der Waals surface area contributed by atoms with Crippen LogP contribution in [0.25, 0.3) is 89.2 Å². The number of aromatic nitrogens is 4. The second-order valence-electron chi connectivity index (χ2n) is 12.7. The minimum absolute atomic E-state index is 0.678. The average Bonchev–Trinajstić information content (AvgIpc) is 3.21. The molecule has 4 heteroatoms. The summed E-state index contributed by atoms with van der Waals surface area (Å²) in [6, 6.07) is 61.0. The van der Waals surface area contributed by atoms with Gasteiger partial charge in [-0.3, -0.25) is 4.98 Å². The Morgan fingerprint density at radius 3 is 1.63 bits per heavy atom. The Hall–Kier alpha value is -6.78. The Kier molecular flexibility index (Phi) is 7.67. The van der Waals surface area contributed by atoms with Crippen molar-refractivity contribution >= 4 is 21.8 Å². The highest BCUT2D eigenvalue weighted by Gasteiger charge is 2.18. The van der Waals surface area contributed by atoms with Crippen molar-refractivity contribution in [3.63, 3.8) is 0 Å². The van der Waals surface area contributed by atoms with Gasteiger partial charge in [-0.25, -0.2) is 15.0 Å². The van der Waals surface area contributed by atoms with Gasteiger partial charge >= 0.3 is 0 Å². The van der Waals surface area contributed by atoms with E-state index in [-0.39, 0.29) is 0 Å². The van der Waals surface area contributed by atoms with E-state index in [1.54, 1.807) is 0 Å². The molecule has 0 atom stereocenters. The van der Waals surface area contributed by atoms with Gasteiger partial charge in [-0.1, -0.05) is 152 Å². The van der Waals surface area contributed by atoms with Crippen molar-refractivity contribution in [3.8, 4) is 67.4 Å². The number of pyridine rings is 2. The summed E-state index contributed by atoms with van der Waals surface area (Å²) in [6.45, 7) is 2.03. The van der Waals surface area contributed by atoms with Gasteiger partial charge in [0, 0.05) is 38.7 Å². The number of fused-ring (bicyclic) bond motifs is 3. The molecule has 0 bridgehead atoms. The Labute approximate surface area is 296 Å². The maximum atomic E-state index is 5.42. The lowest BCUT2D eigenvalue weighted by atomic mass is 9.93. The largest absolute Gasteiger partial charge is 0.251 e. The lowest BCUT2D eigenvalue weighted by Crippen LogP contribution is -1.98. The van der Waals surface area contributed by atoms with Crippen LogP contribution in [0.2, 0.25) is 0 Å². The molecule has 0 aliphatic rings. The molecule has 6 aromatic carbocycles. The number of aryl methyl sites for hydroxylation is 1. The Morgan fingerprint density at radius 2 is 0.902 bits per heavy atom. The van der Waals surface area contributed by atoms with Gasteiger partial charge in [-0.2, -0.15) is 0 Å². The normalized spacial score (nSPS) is 11.2. The Balaban J connectivity index is 1.30. The van der Waals surface area contributed by atoms with E-state index in [1.807, 2.05) is 43.3 Å². The summed E-state index contributed by atoms with van der Waals surface area (Å²) in [5, 5.41) is 2.12. The first-order valence-corrected chi connectivity index (χ1v) is 17.1. The first-order valence-electron chi connectivity index (χ1n) is 17.1. The quantitative estimate of drug-likeness (QED) is 0.168. The molecule has 4 nitrogen and oxygen atoms in total. The summed E-state index contributed by atoms with van der Waals surface area (Å²) in [6.07, 6.45) is 0. The Morgan fingerprint density at radius 1 is 0.333 bits per heavy atom. The summed E-state index contributed by atoms with van der Waals surface area (Å²) < 4.78 is 0. The summed E-state index contributed by atoms with van der Waals surface area (Å²) in [7, 11) is 0. The molecule has 9 rings (SSSR count). The van der Waals surface area contributed by atoms with Crippen LogP contribution in [0.15, 0.2) is 176 Å². The fraction of sp³-hybridized carbons (Fsp3) is 0.0213. The van der Waals surface area contributed by atoms with Crippen LogP contribution >= 0.6 is 0 Å². The summed E-state index contributed by atoms with van der Waals surface area (Å²) in [5.41, 5.74) is 13.8. The second-order valence-corrected chi connectivity index (χ2v) is 12.7. The van der Waals surface area contributed by atoms with Gasteiger partial charge in [0.1, 0.15) is 0 Å². The van der Waals surface area contributed by atoms with E-state index in [2.05, 4.69) is 140 Å². The molecule has 0 amide bonds. The van der Waals surface area contributed by atoms with Gasteiger partial charge in [-0.05, 0) is 53.4 Å². The molecule has 0 saturated carbocycles. The standard InChI is InChI=1S/C47H32N4/c1-31-24-25-34-26-27-40-41(37-21-13-20-36(28-37)32-14-5-2-6-15-32)29-43(49-46(40)45(34)48-31)38-22-11-12-23-39(38)44-30-42(33-16-7-3-8-17-33)50-47(51-44)35-18-9-4-10-19-35/h2-30H,1H3. The third-order valence-corrected chi connectivity index (χ3v) is 9.37. The van der Waals surface area contributed by atoms with Crippen LogP contribution < -0.4 is 0 Å². The molecule has 0 aliphatic heterocycles. The predicted octanol–water partition coefficient (Wildman–Crippen LogP) is 11.9. The first kappa shape index (κ1) is 30.3. The topological polar surface area (TPSA) is 51.6 Å². The fourth-order valence-electron chi connectivity index (χ4n) is 6.83. The number of hydrogen-bond donors (Lipinski definition) is 0. The minimum Gasteiger partial charge on any atom is -0.251 e. The molecule has 3 aromatic heterocycles. The van der Waals surface area contributed by atoms with Crippen LogP contribution in [-0.2, 0) is 0 Å². The summed E-state index contributed by atoms with van der Waals surface area (Å²) in [4.78, 5) is 20.7. The SMILES string of the molecule is Cc1ccc2ccc3c(-c4cccc(-c5ccccc5)c4)cc(-c4ccccc4-c4cc(-c5ccccc5)nc(-c5ccccc5)n4)nc3c2n1. The zero-order valence-corrected chi connectivity index (χ0v) is 28.0. The van der Waals surface area contributed by atoms with E-state index in [1.165, 1.54) is 5.56 Å². The molecular weight excluding hydrogens is 621 g/mol. The molecule has 0 aliphatic carbocycles. The molecule has 0 radical (unpaired) electrons. The highest BCUT2D eigenvalue weighted by Crippen LogP contribution is 2.39. The first-order chi connectivity index (χ1) is 25.2. The molecule has 0 unspecified atom stereocenters. The zero-order valence-electron chi connectivity index (χ0n) is 28.0. The lowest BCUT2D eigenvalue weighted by molar-refractivity contribution is 1.18. The van der Waals surface area contributed by atoms with Crippen molar-refractivity contribution in [3.05, 3.63) is 182 Å². The number of benzene rings is 6. The van der Waals surface area contributed by atoms with Gasteiger partial charge in [0.25, 0.3) is 0 Å². The highest BCUT2D eigenvalue weighted by atomic mass is 14.9. The van der Waals surface area contributed by atoms with Crippen LogP contribution in [0.3, 0.4) is 0 Å². The number of rotatable bonds is 6. The van der Waals surface area contributed by atoms with E-state index < -0.39 is 0 Å². The maximum Gasteiger partial charge on any atom is 0.160 e. The Bertz CT molecular complexity index is 2630.